The highest BCUT2D eigenvalue weighted by molar-refractivity contribution is 6.31. The predicted molar refractivity (Wildman–Crippen MR) is 76.8 cm³/mol. The lowest BCUT2D eigenvalue weighted by Gasteiger charge is -2.33. The van der Waals surface area contributed by atoms with Crippen molar-refractivity contribution in [2.24, 2.45) is 11.0 Å². The first-order valence-electron chi connectivity index (χ1n) is 6.84. The molecule has 1 aliphatic heterocycles. The van der Waals surface area contributed by atoms with Crippen LogP contribution in [0.15, 0.2) is 5.10 Å². The molecule has 0 saturated heterocycles. The Morgan fingerprint density at radius 3 is 2.61 bits per heavy atom. The lowest BCUT2D eigenvalue weighted by Crippen LogP contribution is -2.57. The molecule has 1 aromatic heterocycles. The molecule has 0 bridgehead atoms. The van der Waals surface area contributed by atoms with Crippen molar-refractivity contribution in [3.8, 4) is 0 Å². The molecule has 0 unspecified atom stereocenters. The van der Waals surface area contributed by atoms with Crippen LogP contribution in [-0.4, -0.2) is 43.9 Å². The summed E-state index contributed by atoms with van der Waals surface area (Å²) in [5, 5.41) is 17.9. The van der Waals surface area contributed by atoms with Crippen LogP contribution in [0.3, 0.4) is 0 Å². The zero-order valence-electron chi connectivity index (χ0n) is 12.7. The number of halogens is 4. The molecule has 2 atom stereocenters. The molecule has 1 aliphatic rings. The molecule has 0 aromatic carbocycles. The normalized spacial score (nSPS) is 22.7. The predicted octanol–water partition coefficient (Wildman–Crippen LogP) is 2.26. The lowest BCUT2D eigenvalue weighted by molar-refractivity contribution is -0.303. The van der Waals surface area contributed by atoms with Gasteiger partial charge in [0.05, 0.1) is 28.9 Å². The number of aliphatic hydroxyl groups is 1. The number of hydrogen-bond acceptors (Lipinski definition) is 4. The van der Waals surface area contributed by atoms with Crippen molar-refractivity contribution >= 4 is 23.7 Å². The van der Waals surface area contributed by atoms with Crippen molar-refractivity contribution in [2.75, 3.05) is 0 Å². The number of hydrazone groups is 1. The number of aromatic nitrogens is 2. The molecule has 6 nitrogen and oxygen atoms in total. The van der Waals surface area contributed by atoms with Crippen LogP contribution >= 0.6 is 11.6 Å². The average Bonchev–Trinajstić information content (AvgIpc) is 2.95. The summed E-state index contributed by atoms with van der Waals surface area (Å²) in [5.41, 5.74) is -2.12. The Hall–Kier alpha value is -1.61. The molecule has 0 saturated carbocycles. The van der Waals surface area contributed by atoms with Crippen LogP contribution in [0.2, 0.25) is 5.02 Å². The second kappa shape index (κ2) is 5.79. The van der Waals surface area contributed by atoms with Crippen LogP contribution < -0.4 is 0 Å². The van der Waals surface area contributed by atoms with E-state index in [0.29, 0.717) is 16.4 Å². The number of hydrogen-bond donors (Lipinski definition) is 1. The fourth-order valence-electron chi connectivity index (χ4n) is 2.31. The maximum absolute atomic E-state index is 13.0. The summed E-state index contributed by atoms with van der Waals surface area (Å²) in [6.45, 7) is 4.85. The van der Waals surface area contributed by atoms with Gasteiger partial charge in [-0.1, -0.05) is 18.5 Å². The highest BCUT2D eigenvalue weighted by Crippen LogP contribution is 2.39. The third-order valence-corrected chi connectivity index (χ3v) is 4.29. The van der Waals surface area contributed by atoms with E-state index in [1.807, 2.05) is 0 Å². The Balaban J connectivity index is 2.19. The van der Waals surface area contributed by atoms with E-state index in [4.69, 9.17) is 11.6 Å². The summed E-state index contributed by atoms with van der Waals surface area (Å²) in [4.78, 5) is 12.3. The largest absolute Gasteiger partial charge is 0.438 e. The third-order valence-electron chi connectivity index (χ3n) is 3.75. The first kappa shape index (κ1) is 17.7. The quantitative estimate of drug-likeness (QED) is 0.907. The van der Waals surface area contributed by atoms with Gasteiger partial charge in [-0.05, 0) is 13.8 Å². The summed E-state index contributed by atoms with van der Waals surface area (Å²) in [5.74, 6) is -1.82. The number of nitrogens with zero attached hydrogens (tertiary/aromatic N) is 4. The van der Waals surface area contributed by atoms with Gasteiger partial charge >= 0.3 is 6.18 Å². The van der Waals surface area contributed by atoms with Gasteiger partial charge in [0.1, 0.15) is 0 Å². The van der Waals surface area contributed by atoms with Gasteiger partial charge in [0.15, 0.2) is 0 Å². The molecule has 0 spiro atoms. The van der Waals surface area contributed by atoms with Crippen LogP contribution in [0, 0.1) is 19.8 Å². The average molecular weight is 353 g/mol. The first-order valence-corrected chi connectivity index (χ1v) is 7.22. The number of carbonyl (C=O) groups excluding carboxylic acids is 1. The highest BCUT2D eigenvalue weighted by atomic mass is 35.5. The molecule has 0 fully saturated rings. The summed E-state index contributed by atoms with van der Waals surface area (Å²) in [6, 6.07) is 0. The summed E-state index contributed by atoms with van der Waals surface area (Å²) < 4.78 is 40.5. The van der Waals surface area contributed by atoms with Crippen molar-refractivity contribution in [3.63, 3.8) is 0 Å². The van der Waals surface area contributed by atoms with Crippen LogP contribution in [-0.2, 0) is 11.3 Å². The van der Waals surface area contributed by atoms with Crippen molar-refractivity contribution in [1.29, 1.82) is 0 Å². The molecule has 1 amide bonds. The van der Waals surface area contributed by atoms with Gasteiger partial charge in [0, 0.05) is 12.6 Å². The third kappa shape index (κ3) is 2.94. The lowest BCUT2D eigenvalue weighted by atomic mass is 10.1. The minimum atomic E-state index is -5.00. The van der Waals surface area contributed by atoms with Crippen molar-refractivity contribution < 1.29 is 23.1 Å². The molecule has 0 radical (unpaired) electrons. The molecule has 2 rings (SSSR count). The number of rotatable bonds is 3. The zero-order valence-corrected chi connectivity index (χ0v) is 13.5. The van der Waals surface area contributed by atoms with E-state index in [0.717, 1.165) is 6.21 Å². The minimum absolute atomic E-state index is 0.0260. The number of carbonyl (C=O) groups is 1. The number of amides is 1. The van der Waals surface area contributed by atoms with Gasteiger partial charge in [0.2, 0.25) is 5.91 Å². The zero-order chi connectivity index (χ0) is 17.6. The molecule has 23 heavy (non-hydrogen) atoms. The van der Waals surface area contributed by atoms with Gasteiger partial charge in [-0.3, -0.25) is 9.48 Å². The van der Waals surface area contributed by atoms with Crippen molar-refractivity contribution in [1.82, 2.24) is 14.8 Å². The Labute approximate surface area is 135 Å². The maximum Gasteiger partial charge on any atom is 0.438 e. The fourth-order valence-corrected chi connectivity index (χ4v) is 2.44. The van der Waals surface area contributed by atoms with E-state index in [1.165, 1.54) is 11.6 Å². The van der Waals surface area contributed by atoms with Gasteiger partial charge in [-0.2, -0.15) is 28.4 Å². The van der Waals surface area contributed by atoms with E-state index in [9.17, 15) is 23.1 Å². The van der Waals surface area contributed by atoms with E-state index in [-0.39, 0.29) is 11.6 Å². The van der Waals surface area contributed by atoms with E-state index in [1.54, 1.807) is 13.8 Å². The Morgan fingerprint density at radius 1 is 1.52 bits per heavy atom. The maximum atomic E-state index is 13.0. The van der Waals surface area contributed by atoms with Gasteiger partial charge in [0.25, 0.3) is 5.72 Å². The fraction of sp³-hybridized carbons (Fsp3) is 0.615. The van der Waals surface area contributed by atoms with Gasteiger partial charge in [-0.25, -0.2) is 0 Å². The standard InChI is InChI=1S/C13H16ClF3N4O2/c1-7(6-20-9(3)10(14)8(2)19-20)11(22)21-12(23,4-5-18-21)13(15,16)17/h5,7,23H,4,6H2,1-3H3/t7-,12-/m0/s1. The van der Waals surface area contributed by atoms with Crippen LogP contribution in [0.1, 0.15) is 24.7 Å². The van der Waals surface area contributed by atoms with Crippen molar-refractivity contribution in [3.05, 3.63) is 16.4 Å². The summed E-state index contributed by atoms with van der Waals surface area (Å²) in [6.07, 6.45) is -4.92. The smallest absolute Gasteiger partial charge is 0.362 e. The minimum Gasteiger partial charge on any atom is -0.362 e. The summed E-state index contributed by atoms with van der Waals surface area (Å²) in [7, 11) is 0. The number of alkyl halides is 3. The Morgan fingerprint density at radius 2 is 2.13 bits per heavy atom. The Bertz CT molecular complexity index is 658. The van der Waals surface area contributed by atoms with E-state index >= 15 is 0 Å². The van der Waals surface area contributed by atoms with E-state index in [2.05, 4.69) is 10.2 Å². The molecule has 0 aliphatic carbocycles. The molecule has 1 aromatic rings. The highest BCUT2D eigenvalue weighted by Gasteiger charge is 2.61. The first-order chi connectivity index (χ1) is 10.5. The van der Waals surface area contributed by atoms with Gasteiger partial charge in [-0.15, -0.1) is 0 Å². The molecule has 10 heteroatoms. The number of aryl methyl sites for hydroxylation is 1. The molecule has 2 heterocycles. The topological polar surface area (TPSA) is 70.7 Å². The molecule has 128 valence electrons. The van der Waals surface area contributed by atoms with Gasteiger partial charge < -0.3 is 5.11 Å². The van der Waals surface area contributed by atoms with Crippen LogP contribution in [0.5, 0.6) is 0 Å². The van der Waals surface area contributed by atoms with Crippen LogP contribution in [0.25, 0.3) is 0 Å². The van der Waals surface area contributed by atoms with Crippen molar-refractivity contribution in [2.45, 2.75) is 45.6 Å². The monoisotopic (exact) mass is 352 g/mol. The molecule has 1 N–H and O–H groups in total. The summed E-state index contributed by atoms with van der Waals surface area (Å²) >= 11 is 6.00. The SMILES string of the molecule is Cc1nn(C[C@H](C)C(=O)N2N=CC[C@]2(O)C(F)(F)F)c(C)c1Cl. The Kier molecular flexibility index (Phi) is 4.46. The molecular formula is C13H16ClF3N4O2. The second-order valence-corrected chi connectivity index (χ2v) is 5.91. The van der Waals surface area contributed by atoms with E-state index < -0.39 is 30.1 Å². The second-order valence-electron chi connectivity index (χ2n) is 5.53. The van der Waals surface area contributed by atoms with Crippen LogP contribution in [0.4, 0.5) is 13.2 Å². The molecular weight excluding hydrogens is 337 g/mol.